The van der Waals surface area contributed by atoms with Gasteiger partial charge in [0.05, 0.1) is 6.04 Å². The van der Waals surface area contributed by atoms with Crippen molar-refractivity contribution >= 4 is 17.5 Å². The molecule has 0 heterocycles. The highest BCUT2D eigenvalue weighted by atomic mass is 35.5. The number of carbonyl (C=O) groups is 1. The van der Waals surface area contributed by atoms with Gasteiger partial charge in [-0.3, -0.25) is 4.79 Å². The average Bonchev–Trinajstić information content (AvgIpc) is 2.61. The molecule has 0 fully saturated rings. The lowest BCUT2D eigenvalue weighted by molar-refractivity contribution is -0.128. The van der Waals surface area contributed by atoms with E-state index in [1.54, 1.807) is 12.1 Å². The van der Waals surface area contributed by atoms with E-state index in [2.05, 4.69) is 5.32 Å². The first-order chi connectivity index (χ1) is 12.4. The van der Waals surface area contributed by atoms with Gasteiger partial charge < -0.3 is 14.8 Å². The van der Waals surface area contributed by atoms with Crippen LogP contribution in [0.25, 0.3) is 0 Å². The van der Waals surface area contributed by atoms with E-state index in [0.717, 1.165) is 16.9 Å². The van der Waals surface area contributed by atoms with Gasteiger partial charge in [0.15, 0.2) is 6.10 Å². The van der Waals surface area contributed by atoms with E-state index in [1.165, 1.54) is 0 Å². The van der Waals surface area contributed by atoms with Crippen LogP contribution in [0.15, 0.2) is 42.5 Å². The molecule has 2 aromatic rings. The molecule has 2 rings (SSSR count). The van der Waals surface area contributed by atoms with Gasteiger partial charge in [0.2, 0.25) is 0 Å². The molecular formula is C21H26ClNO3. The molecule has 0 aliphatic rings. The lowest BCUT2D eigenvalue weighted by atomic mass is 10.2. The summed E-state index contributed by atoms with van der Waals surface area (Å²) in [7, 11) is 0. The van der Waals surface area contributed by atoms with Crippen LogP contribution in [0.3, 0.4) is 0 Å². The van der Waals surface area contributed by atoms with E-state index in [4.69, 9.17) is 21.1 Å². The average molecular weight is 376 g/mol. The third-order valence-electron chi connectivity index (χ3n) is 4.04. The molecule has 1 amide bonds. The van der Waals surface area contributed by atoms with Crippen LogP contribution in [0.5, 0.6) is 11.5 Å². The summed E-state index contributed by atoms with van der Waals surface area (Å²) in [5, 5.41) is 3.63. The van der Waals surface area contributed by atoms with Gasteiger partial charge in [0, 0.05) is 5.02 Å². The summed E-state index contributed by atoms with van der Waals surface area (Å²) in [6.45, 7) is 8.12. The van der Waals surface area contributed by atoms with Crippen LogP contribution < -0.4 is 14.8 Å². The predicted octanol–water partition coefficient (Wildman–Crippen LogP) is 4.70. The molecule has 26 heavy (non-hydrogen) atoms. The maximum Gasteiger partial charge on any atom is 0.261 e. The molecule has 0 unspecified atom stereocenters. The van der Waals surface area contributed by atoms with Crippen molar-refractivity contribution < 1.29 is 14.3 Å². The number of amides is 1. The van der Waals surface area contributed by atoms with Gasteiger partial charge in [-0.25, -0.2) is 0 Å². The quantitative estimate of drug-likeness (QED) is 0.727. The van der Waals surface area contributed by atoms with Crippen molar-refractivity contribution in [3.05, 3.63) is 58.6 Å². The van der Waals surface area contributed by atoms with Crippen molar-refractivity contribution in [3.8, 4) is 11.5 Å². The minimum Gasteiger partial charge on any atom is -0.491 e. The molecule has 1 N–H and O–H groups in total. The molecule has 4 nitrogen and oxygen atoms in total. The molecule has 5 heteroatoms. The second kappa shape index (κ2) is 9.48. The van der Waals surface area contributed by atoms with Crippen molar-refractivity contribution in [2.24, 2.45) is 0 Å². The summed E-state index contributed by atoms with van der Waals surface area (Å²) in [5.74, 6) is 1.31. The Kier molecular flexibility index (Phi) is 7.34. The summed E-state index contributed by atoms with van der Waals surface area (Å²) in [6.07, 6.45) is 0.00952. The number of nitrogens with one attached hydrogen (secondary N) is 1. The van der Waals surface area contributed by atoms with Crippen LogP contribution in [0, 0.1) is 13.8 Å². The molecule has 0 aromatic heterocycles. The number of aryl methyl sites for hydroxylation is 2. The Morgan fingerprint density at radius 3 is 2.54 bits per heavy atom. The minimum absolute atomic E-state index is 0.133. The van der Waals surface area contributed by atoms with Gasteiger partial charge >= 0.3 is 0 Å². The van der Waals surface area contributed by atoms with Gasteiger partial charge in [0.1, 0.15) is 18.1 Å². The highest BCUT2D eigenvalue weighted by molar-refractivity contribution is 6.31. The van der Waals surface area contributed by atoms with Crippen LogP contribution in [0.1, 0.15) is 31.4 Å². The van der Waals surface area contributed by atoms with Crippen LogP contribution in [0.4, 0.5) is 0 Å². The largest absolute Gasteiger partial charge is 0.491 e. The predicted molar refractivity (Wildman–Crippen MR) is 105 cm³/mol. The lowest BCUT2D eigenvalue weighted by Crippen LogP contribution is -2.44. The van der Waals surface area contributed by atoms with Crippen molar-refractivity contribution in [3.63, 3.8) is 0 Å². The number of rotatable bonds is 8. The molecule has 0 saturated heterocycles. The molecule has 0 radical (unpaired) electrons. The summed E-state index contributed by atoms with van der Waals surface area (Å²) in [5.41, 5.74) is 1.98. The lowest BCUT2D eigenvalue weighted by Gasteiger charge is -2.21. The Balaban J connectivity index is 1.89. The number of halogens is 1. The van der Waals surface area contributed by atoms with Crippen molar-refractivity contribution in [1.29, 1.82) is 0 Å². The number of ether oxygens (including phenoxy) is 2. The third-order valence-corrected chi connectivity index (χ3v) is 4.47. The van der Waals surface area contributed by atoms with Crippen LogP contribution in [0.2, 0.25) is 5.02 Å². The standard InChI is InChI=1S/C21H26ClNO3/c1-5-19(26-17-10-11-18(22)15(3)12-17)21(24)23-16(4)13-25-20-9-7-6-8-14(20)2/h6-12,16,19H,5,13H2,1-4H3,(H,23,24)/t16-,19-/m0/s1. The van der Waals surface area contributed by atoms with Crippen molar-refractivity contribution in [2.75, 3.05) is 6.61 Å². The first-order valence-electron chi connectivity index (χ1n) is 8.82. The van der Waals surface area contributed by atoms with Crippen molar-refractivity contribution in [2.45, 2.75) is 46.3 Å². The van der Waals surface area contributed by atoms with Gasteiger partial charge in [-0.15, -0.1) is 0 Å². The minimum atomic E-state index is -0.559. The monoisotopic (exact) mass is 375 g/mol. The van der Waals surface area contributed by atoms with E-state index >= 15 is 0 Å². The SMILES string of the molecule is CC[C@H](Oc1ccc(Cl)c(C)c1)C(=O)N[C@@H](C)COc1ccccc1C. The topological polar surface area (TPSA) is 47.6 Å². The number of para-hydroxylation sites is 1. The Bertz CT molecular complexity index is 748. The molecule has 0 saturated carbocycles. The first kappa shape index (κ1) is 20.1. The second-order valence-corrected chi connectivity index (χ2v) is 6.82. The maximum atomic E-state index is 12.5. The van der Waals surface area contributed by atoms with E-state index in [0.29, 0.717) is 23.8 Å². The zero-order valence-electron chi connectivity index (χ0n) is 15.7. The fourth-order valence-corrected chi connectivity index (χ4v) is 2.61. The Labute approximate surface area is 160 Å². The maximum absolute atomic E-state index is 12.5. The zero-order chi connectivity index (χ0) is 19.1. The first-order valence-corrected chi connectivity index (χ1v) is 9.20. The molecule has 0 spiro atoms. The fourth-order valence-electron chi connectivity index (χ4n) is 2.49. The highest BCUT2D eigenvalue weighted by Crippen LogP contribution is 2.22. The number of hydrogen-bond donors (Lipinski definition) is 1. The van der Waals surface area contributed by atoms with E-state index in [1.807, 2.05) is 58.0 Å². The van der Waals surface area contributed by atoms with E-state index < -0.39 is 6.10 Å². The van der Waals surface area contributed by atoms with Crippen LogP contribution >= 0.6 is 11.6 Å². The zero-order valence-corrected chi connectivity index (χ0v) is 16.5. The fraction of sp³-hybridized carbons (Fsp3) is 0.381. The van der Waals surface area contributed by atoms with Crippen molar-refractivity contribution in [1.82, 2.24) is 5.32 Å². The molecule has 2 atom stereocenters. The van der Waals surface area contributed by atoms with E-state index in [-0.39, 0.29) is 11.9 Å². The van der Waals surface area contributed by atoms with Gasteiger partial charge in [0.25, 0.3) is 5.91 Å². The second-order valence-electron chi connectivity index (χ2n) is 6.41. The third kappa shape index (κ3) is 5.67. The summed E-state index contributed by atoms with van der Waals surface area (Å²) in [6, 6.07) is 13.1. The Morgan fingerprint density at radius 1 is 1.15 bits per heavy atom. The summed E-state index contributed by atoms with van der Waals surface area (Å²) in [4.78, 5) is 12.5. The molecule has 0 aliphatic heterocycles. The smallest absolute Gasteiger partial charge is 0.261 e. The van der Waals surface area contributed by atoms with Gasteiger partial charge in [-0.05, 0) is 62.6 Å². The summed E-state index contributed by atoms with van der Waals surface area (Å²) < 4.78 is 11.6. The van der Waals surface area contributed by atoms with Crippen LogP contribution in [-0.4, -0.2) is 24.7 Å². The van der Waals surface area contributed by atoms with Gasteiger partial charge in [-0.1, -0.05) is 36.7 Å². The van der Waals surface area contributed by atoms with E-state index in [9.17, 15) is 4.79 Å². The Morgan fingerprint density at radius 2 is 1.88 bits per heavy atom. The molecule has 2 aromatic carbocycles. The molecule has 140 valence electrons. The van der Waals surface area contributed by atoms with Crippen LogP contribution in [-0.2, 0) is 4.79 Å². The Hall–Kier alpha value is -2.20. The number of carbonyl (C=O) groups excluding carboxylic acids is 1. The number of benzene rings is 2. The molecule has 0 bridgehead atoms. The normalized spacial score (nSPS) is 13.0. The molecular weight excluding hydrogens is 350 g/mol. The van der Waals surface area contributed by atoms with Gasteiger partial charge in [-0.2, -0.15) is 0 Å². The number of hydrogen-bond acceptors (Lipinski definition) is 3. The summed E-state index contributed by atoms with van der Waals surface area (Å²) >= 11 is 6.03. The molecule has 0 aliphatic carbocycles. The highest BCUT2D eigenvalue weighted by Gasteiger charge is 2.20.